The molecule has 0 aromatic carbocycles. The van der Waals surface area contributed by atoms with Crippen LogP contribution in [0.25, 0.3) is 0 Å². The predicted molar refractivity (Wildman–Crippen MR) is 84.6 cm³/mol. The molecule has 7 heteroatoms. The Morgan fingerprint density at radius 3 is 2.65 bits per heavy atom. The van der Waals surface area contributed by atoms with E-state index < -0.39 is 11.9 Å². The van der Waals surface area contributed by atoms with E-state index in [0.717, 1.165) is 5.56 Å². The van der Waals surface area contributed by atoms with Crippen LogP contribution in [0.1, 0.15) is 46.0 Å². The van der Waals surface area contributed by atoms with Crippen LogP contribution in [0.5, 0.6) is 0 Å². The van der Waals surface area contributed by atoms with Crippen LogP contribution in [0.3, 0.4) is 0 Å². The Labute approximate surface area is 135 Å². The van der Waals surface area contributed by atoms with Crippen molar-refractivity contribution in [2.75, 3.05) is 26.3 Å². The number of nitrogens with one attached hydrogen (secondary N) is 1. The molecule has 2 rings (SSSR count). The first kappa shape index (κ1) is 17.4. The van der Waals surface area contributed by atoms with E-state index in [4.69, 9.17) is 10.5 Å². The van der Waals surface area contributed by atoms with Gasteiger partial charge >= 0.3 is 0 Å². The Balaban J connectivity index is 2.25. The maximum absolute atomic E-state index is 12.7. The molecular weight excluding hydrogens is 298 g/mol. The van der Waals surface area contributed by atoms with Crippen LogP contribution in [0.15, 0.2) is 0 Å². The molecule has 126 valence electrons. The van der Waals surface area contributed by atoms with E-state index in [9.17, 15) is 14.4 Å². The highest BCUT2D eigenvalue weighted by atomic mass is 16.5. The van der Waals surface area contributed by atoms with Gasteiger partial charge in [-0.05, 0) is 25.8 Å². The number of morpholine rings is 1. The van der Waals surface area contributed by atoms with Crippen LogP contribution in [-0.4, -0.2) is 59.7 Å². The standard InChI is InChI=1S/C16H23N3O4/c1-4-11-14(10(3)20)9(2)18-15(11)13(21)7-19-5-6-23-8-12(19)16(17)22/h12,18H,4-8H2,1-3H3,(H2,17,22)/t12-/m1/s1. The number of hydrogen-bond acceptors (Lipinski definition) is 5. The molecular formula is C16H23N3O4. The molecule has 0 saturated carbocycles. The number of carbonyl (C=O) groups is 3. The van der Waals surface area contributed by atoms with Crippen molar-refractivity contribution in [2.45, 2.75) is 33.2 Å². The van der Waals surface area contributed by atoms with Crippen molar-refractivity contribution >= 4 is 17.5 Å². The highest BCUT2D eigenvalue weighted by molar-refractivity contribution is 6.04. The van der Waals surface area contributed by atoms with Crippen molar-refractivity contribution in [1.29, 1.82) is 0 Å². The molecule has 1 aliphatic rings. The Morgan fingerprint density at radius 1 is 1.39 bits per heavy atom. The van der Waals surface area contributed by atoms with Gasteiger partial charge in [-0.3, -0.25) is 19.3 Å². The van der Waals surface area contributed by atoms with Crippen LogP contribution in [0.2, 0.25) is 0 Å². The van der Waals surface area contributed by atoms with Gasteiger partial charge in [0, 0.05) is 17.8 Å². The fourth-order valence-corrected chi connectivity index (χ4v) is 3.10. The third-order valence-corrected chi connectivity index (χ3v) is 4.19. The average Bonchev–Trinajstić information content (AvgIpc) is 2.84. The summed E-state index contributed by atoms with van der Waals surface area (Å²) >= 11 is 0. The van der Waals surface area contributed by atoms with Crippen molar-refractivity contribution in [3.63, 3.8) is 0 Å². The maximum atomic E-state index is 12.7. The molecule has 3 N–H and O–H groups in total. The molecule has 0 aliphatic carbocycles. The van der Waals surface area contributed by atoms with Gasteiger partial charge in [-0.15, -0.1) is 0 Å². The summed E-state index contributed by atoms with van der Waals surface area (Å²) in [4.78, 5) is 40.7. The molecule has 1 aromatic heterocycles. The number of rotatable bonds is 6. The van der Waals surface area contributed by atoms with Crippen molar-refractivity contribution in [3.8, 4) is 0 Å². The number of H-pyrrole nitrogens is 1. The van der Waals surface area contributed by atoms with Crippen molar-refractivity contribution < 1.29 is 19.1 Å². The largest absolute Gasteiger partial charge is 0.378 e. The molecule has 1 aromatic rings. The van der Waals surface area contributed by atoms with Gasteiger partial charge in [-0.2, -0.15) is 0 Å². The van der Waals surface area contributed by atoms with Gasteiger partial charge in [-0.25, -0.2) is 0 Å². The minimum absolute atomic E-state index is 0.0592. The number of aromatic nitrogens is 1. The summed E-state index contributed by atoms with van der Waals surface area (Å²) < 4.78 is 5.25. The van der Waals surface area contributed by atoms with Gasteiger partial charge in [0.05, 0.1) is 25.5 Å². The summed E-state index contributed by atoms with van der Waals surface area (Å²) in [7, 11) is 0. The van der Waals surface area contributed by atoms with E-state index in [0.29, 0.717) is 36.5 Å². The van der Waals surface area contributed by atoms with Gasteiger partial charge in [0.2, 0.25) is 5.91 Å². The fourth-order valence-electron chi connectivity index (χ4n) is 3.10. The summed E-state index contributed by atoms with van der Waals surface area (Å²) in [6.45, 7) is 6.39. The Bertz CT molecular complexity index is 636. The molecule has 1 atom stereocenters. The normalized spacial score (nSPS) is 18.8. The van der Waals surface area contributed by atoms with Crippen molar-refractivity contribution in [3.05, 3.63) is 22.5 Å². The first-order valence-electron chi connectivity index (χ1n) is 7.73. The Morgan fingerprint density at radius 2 is 2.09 bits per heavy atom. The van der Waals surface area contributed by atoms with E-state index in [-0.39, 0.29) is 24.7 Å². The first-order valence-corrected chi connectivity index (χ1v) is 7.73. The van der Waals surface area contributed by atoms with E-state index in [1.807, 2.05) is 6.92 Å². The molecule has 1 amide bonds. The summed E-state index contributed by atoms with van der Waals surface area (Å²) in [5.41, 5.74) is 7.85. The molecule has 2 heterocycles. The van der Waals surface area contributed by atoms with E-state index >= 15 is 0 Å². The van der Waals surface area contributed by atoms with Crippen LogP contribution in [0.4, 0.5) is 0 Å². The van der Waals surface area contributed by atoms with E-state index in [2.05, 4.69) is 4.98 Å². The second-order valence-corrected chi connectivity index (χ2v) is 5.78. The smallest absolute Gasteiger partial charge is 0.237 e. The Hall–Kier alpha value is -1.99. The minimum atomic E-state index is -0.596. The first-order chi connectivity index (χ1) is 10.9. The highest BCUT2D eigenvalue weighted by Gasteiger charge is 2.31. The van der Waals surface area contributed by atoms with Crippen LogP contribution in [0, 0.1) is 6.92 Å². The molecule has 0 spiro atoms. The van der Waals surface area contributed by atoms with Gasteiger partial charge in [-0.1, -0.05) is 6.92 Å². The van der Waals surface area contributed by atoms with Crippen molar-refractivity contribution in [2.24, 2.45) is 5.73 Å². The van der Waals surface area contributed by atoms with Crippen LogP contribution < -0.4 is 5.73 Å². The summed E-state index contributed by atoms with van der Waals surface area (Å²) in [5.74, 6) is -0.707. The van der Waals surface area contributed by atoms with Crippen LogP contribution >= 0.6 is 0 Å². The second kappa shape index (κ2) is 7.06. The molecule has 1 fully saturated rings. The predicted octanol–water partition coefficient (Wildman–Crippen LogP) is 0.457. The molecule has 0 radical (unpaired) electrons. The molecule has 7 nitrogen and oxygen atoms in total. The zero-order valence-electron chi connectivity index (χ0n) is 13.8. The quantitative estimate of drug-likeness (QED) is 0.740. The number of nitrogens with zero attached hydrogens (tertiary/aromatic N) is 1. The zero-order valence-corrected chi connectivity index (χ0v) is 13.8. The lowest BCUT2D eigenvalue weighted by Gasteiger charge is -2.32. The highest BCUT2D eigenvalue weighted by Crippen LogP contribution is 2.21. The number of nitrogens with two attached hydrogens (primary N) is 1. The van der Waals surface area contributed by atoms with Crippen molar-refractivity contribution in [1.82, 2.24) is 9.88 Å². The summed E-state index contributed by atoms with van der Waals surface area (Å²) in [6, 6.07) is -0.596. The molecule has 0 bridgehead atoms. The SMILES string of the molecule is CCc1c(C(=O)CN2CCOC[C@@H]2C(N)=O)[nH]c(C)c1C(C)=O. The lowest BCUT2D eigenvalue weighted by atomic mass is 10.0. The van der Waals surface area contributed by atoms with Gasteiger partial charge in [0.25, 0.3) is 0 Å². The third kappa shape index (κ3) is 3.51. The number of carbonyl (C=O) groups excluding carboxylic acids is 3. The lowest BCUT2D eigenvalue weighted by molar-refractivity contribution is -0.128. The van der Waals surface area contributed by atoms with Gasteiger partial charge < -0.3 is 15.5 Å². The molecule has 1 aliphatic heterocycles. The van der Waals surface area contributed by atoms with E-state index in [1.54, 1.807) is 11.8 Å². The topological polar surface area (TPSA) is 105 Å². The molecule has 23 heavy (non-hydrogen) atoms. The lowest BCUT2D eigenvalue weighted by Crippen LogP contribution is -2.53. The number of primary amides is 1. The number of aromatic amines is 1. The minimum Gasteiger partial charge on any atom is -0.378 e. The number of ether oxygens (including phenoxy) is 1. The Kier molecular flexibility index (Phi) is 5.33. The number of aryl methyl sites for hydroxylation is 1. The van der Waals surface area contributed by atoms with E-state index in [1.165, 1.54) is 6.92 Å². The average molecular weight is 321 g/mol. The monoisotopic (exact) mass is 321 g/mol. The third-order valence-electron chi connectivity index (χ3n) is 4.19. The summed E-state index contributed by atoms with van der Waals surface area (Å²) in [5, 5.41) is 0. The maximum Gasteiger partial charge on any atom is 0.237 e. The summed E-state index contributed by atoms with van der Waals surface area (Å²) in [6.07, 6.45) is 0.586. The molecule has 0 unspecified atom stereocenters. The number of Topliss-reactive ketones (excluding diaryl/α,β-unsaturated/α-hetero) is 2. The van der Waals surface area contributed by atoms with Gasteiger partial charge in [0.15, 0.2) is 11.6 Å². The fraction of sp³-hybridized carbons (Fsp3) is 0.562. The number of ketones is 2. The number of hydrogen-bond donors (Lipinski definition) is 2. The zero-order chi connectivity index (χ0) is 17.1. The van der Waals surface area contributed by atoms with Gasteiger partial charge in [0.1, 0.15) is 6.04 Å². The second-order valence-electron chi connectivity index (χ2n) is 5.78. The molecule has 1 saturated heterocycles. The number of amides is 1. The van der Waals surface area contributed by atoms with Crippen LogP contribution in [-0.2, 0) is 16.0 Å².